The third-order valence-electron chi connectivity index (χ3n) is 6.62. The van der Waals surface area contributed by atoms with E-state index < -0.39 is 0 Å². The molecule has 1 aromatic carbocycles. The molecule has 2 bridgehead atoms. The zero-order chi connectivity index (χ0) is 17.2. The van der Waals surface area contributed by atoms with Crippen molar-refractivity contribution in [2.45, 2.75) is 51.0 Å². The van der Waals surface area contributed by atoms with E-state index in [1.807, 2.05) is 0 Å². The standard InChI is InChI=1S/C20H27N3O2/c1-13(2)23-17-6-4-3-5-16(17)21-19(23)10-22-9-15-14(11-24)18-7-8-20(15,12-22)25-18/h3-6,13-15,18,24H,7-12H2,1-2H3/t14-,15+,18+,20+/m0/s1. The molecule has 25 heavy (non-hydrogen) atoms. The number of likely N-dealkylation sites (tertiary alicyclic amines) is 1. The van der Waals surface area contributed by atoms with Gasteiger partial charge in [0.1, 0.15) is 5.82 Å². The first kappa shape index (κ1) is 15.8. The van der Waals surface area contributed by atoms with Gasteiger partial charge >= 0.3 is 0 Å². The minimum absolute atomic E-state index is 0.00720. The van der Waals surface area contributed by atoms with Crippen molar-refractivity contribution < 1.29 is 9.84 Å². The third-order valence-corrected chi connectivity index (χ3v) is 6.62. The molecule has 5 nitrogen and oxygen atoms in total. The molecule has 0 radical (unpaired) electrons. The average molecular weight is 341 g/mol. The van der Waals surface area contributed by atoms with E-state index in [1.54, 1.807) is 0 Å². The average Bonchev–Trinajstić information content (AvgIpc) is 3.30. The maximum absolute atomic E-state index is 9.81. The number of para-hydroxylation sites is 2. The summed E-state index contributed by atoms with van der Waals surface area (Å²) in [5.41, 5.74) is 2.29. The number of aliphatic hydroxyl groups excluding tert-OH is 1. The molecule has 2 aromatic rings. The Bertz CT molecular complexity index is 801. The van der Waals surface area contributed by atoms with Crippen LogP contribution in [0, 0.1) is 11.8 Å². The number of nitrogens with zero attached hydrogens (tertiary/aromatic N) is 3. The van der Waals surface area contributed by atoms with Gasteiger partial charge in [-0.25, -0.2) is 4.98 Å². The Balaban J connectivity index is 1.44. The Morgan fingerprint density at radius 1 is 1.36 bits per heavy atom. The second-order valence-electron chi connectivity index (χ2n) is 8.36. The minimum atomic E-state index is -0.00720. The van der Waals surface area contributed by atoms with E-state index in [0.29, 0.717) is 17.9 Å². The lowest BCUT2D eigenvalue weighted by molar-refractivity contribution is 0.000115. The van der Waals surface area contributed by atoms with Gasteiger partial charge in [0.15, 0.2) is 0 Å². The maximum Gasteiger partial charge on any atom is 0.124 e. The van der Waals surface area contributed by atoms with Crippen LogP contribution in [0.3, 0.4) is 0 Å². The van der Waals surface area contributed by atoms with Gasteiger partial charge in [-0.1, -0.05) is 12.1 Å². The van der Waals surface area contributed by atoms with Gasteiger partial charge in [-0.2, -0.15) is 0 Å². The highest BCUT2D eigenvalue weighted by Gasteiger charge is 2.62. The van der Waals surface area contributed by atoms with Gasteiger partial charge < -0.3 is 14.4 Å². The minimum Gasteiger partial charge on any atom is -0.396 e. The van der Waals surface area contributed by atoms with Crippen LogP contribution in [0.5, 0.6) is 0 Å². The van der Waals surface area contributed by atoms with Crippen LogP contribution in [0.4, 0.5) is 0 Å². The summed E-state index contributed by atoms with van der Waals surface area (Å²) in [6.45, 7) is 7.56. The van der Waals surface area contributed by atoms with Gasteiger partial charge in [0, 0.05) is 37.6 Å². The van der Waals surface area contributed by atoms with E-state index in [1.165, 1.54) is 5.52 Å². The van der Waals surface area contributed by atoms with Crippen LogP contribution in [0.1, 0.15) is 38.6 Å². The summed E-state index contributed by atoms with van der Waals surface area (Å²) in [5, 5.41) is 9.81. The van der Waals surface area contributed by atoms with E-state index >= 15 is 0 Å². The van der Waals surface area contributed by atoms with Crippen molar-refractivity contribution in [2.24, 2.45) is 11.8 Å². The number of hydrogen-bond donors (Lipinski definition) is 1. The van der Waals surface area contributed by atoms with E-state index in [2.05, 4.69) is 47.6 Å². The van der Waals surface area contributed by atoms with E-state index in [9.17, 15) is 5.11 Å². The highest BCUT2D eigenvalue weighted by Crippen LogP contribution is 2.54. The summed E-state index contributed by atoms with van der Waals surface area (Å²) < 4.78 is 8.73. The van der Waals surface area contributed by atoms with Crippen LogP contribution in [-0.2, 0) is 11.3 Å². The first-order chi connectivity index (χ1) is 12.1. The van der Waals surface area contributed by atoms with Gasteiger partial charge in [0.25, 0.3) is 0 Å². The molecule has 5 heteroatoms. The maximum atomic E-state index is 9.81. The van der Waals surface area contributed by atoms with E-state index in [-0.39, 0.29) is 18.3 Å². The van der Waals surface area contributed by atoms with Crippen LogP contribution >= 0.6 is 0 Å². The lowest BCUT2D eigenvalue weighted by Gasteiger charge is -2.28. The molecular formula is C20H27N3O2. The molecule has 3 saturated heterocycles. The summed E-state index contributed by atoms with van der Waals surface area (Å²) in [6.07, 6.45) is 2.55. The Morgan fingerprint density at radius 3 is 3.00 bits per heavy atom. The lowest BCUT2D eigenvalue weighted by Crippen LogP contribution is -2.37. The zero-order valence-electron chi connectivity index (χ0n) is 15.1. The number of fused-ring (bicyclic) bond motifs is 2. The Labute approximate surface area is 148 Å². The smallest absolute Gasteiger partial charge is 0.124 e. The Morgan fingerprint density at radius 2 is 2.20 bits per heavy atom. The van der Waals surface area contributed by atoms with Crippen LogP contribution in [0.25, 0.3) is 11.0 Å². The number of benzene rings is 1. The molecule has 4 atom stereocenters. The summed E-state index contributed by atoms with van der Waals surface area (Å²) in [5.74, 6) is 1.94. The fourth-order valence-electron chi connectivity index (χ4n) is 5.63. The van der Waals surface area contributed by atoms with Crippen LogP contribution in [0.15, 0.2) is 24.3 Å². The van der Waals surface area contributed by atoms with Crippen molar-refractivity contribution in [2.75, 3.05) is 19.7 Å². The van der Waals surface area contributed by atoms with Gasteiger partial charge in [0.2, 0.25) is 0 Å². The molecule has 3 fully saturated rings. The molecule has 134 valence electrons. The van der Waals surface area contributed by atoms with Gasteiger partial charge in [0.05, 0.1) is 29.3 Å². The summed E-state index contributed by atoms with van der Waals surface area (Å²) in [4.78, 5) is 7.42. The highest BCUT2D eigenvalue weighted by atomic mass is 16.5. The summed E-state index contributed by atoms with van der Waals surface area (Å²) in [6, 6.07) is 8.79. The van der Waals surface area contributed by atoms with Crippen molar-refractivity contribution in [1.82, 2.24) is 14.5 Å². The third kappa shape index (κ3) is 2.22. The quantitative estimate of drug-likeness (QED) is 0.929. The molecule has 1 aromatic heterocycles. The molecule has 3 aliphatic rings. The normalized spacial score (nSPS) is 34.5. The molecule has 1 N–H and O–H groups in total. The van der Waals surface area contributed by atoms with Gasteiger partial charge in [-0.3, -0.25) is 4.90 Å². The molecule has 0 unspecified atom stereocenters. The van der Waals surface area contributed by atoms with Crippen molar-refractivity contribution in [1.29, 1.82) is 0 Å². The molecule has 5 rings (SSSR count). The first-order valence-corrected chi connectivity index (χ1v) is 9.58. The molecule has 1 spiro atoms. The van der Waals surface area contributed by atoms with E-state index in [0.717, 1.165) is 43.8 Å². The van der Waals surface area contributed by atoms with Crippen LogP contribution < -0.4 is 0 Å². The topological polar surface area (TPSA) is 50.5 Å². The number of aromatic nitrogens is 2. The molecule has 0 aliphatic carbocycles. The number of hydrogen-bond acceptors (Lipinski definition) is 4. The summed E-state index contributed by atoms with van der Waals surface area (Å²) in [7, 11) is 0. The van der Waals surface area contributed by atoms with E-state index in [4.69, 9.17) is 9.72 Å². The predicted octanol–water partition coefficient (Wildman–Crippen LogP) is 2.59. The van der Waals surface area contributed by atoms with Crippen molar-refractivity contribution in [3.63, 3.8) is 0 Å². The van der Waals surface area contributed by atoms with Crippen molar-refractivity contribution in [3.05, 3.63) is 30.1 Å². The van der Waals surface area contributed by atoms with Gasteiger partial charge in [-0.15, -0.1) is 0 Å². The highest BCUT2D eigenvalue weighted by molar-refractivity contribution is 5.76. The molecule has 0 saturated carbocycles. The van der Waals surface area contributed by atoms with Crippen molar-refractivity contribution in [3.8, 4) is 0 Å². The number of rotatable bonds is 4. The molecule has 4 heterocycles. The Hall–Kier alpha value is -1.43. The number of ether oxygens (including phenoxy) is 1. The Kier molecular flexibility index (Phi) is 3.50. The lowest BCUT2D eigenvalue weighted by atomic mass is 9.74. The molecule has 3 aliphatic heterocycles. The molecular weight excluding hydrogens is 314 g/mol. The van der Waals surface area contributed by atoms with Crippen LogP contribution in [0.2, 0.25) is 0 Å². The second kappa shape index (κ2) is 5.53. The number of aliphatic hydroxyl groups is 1. The molecule has 0 amide bonds. The monoisotopic (exact) mass is 341 g/mol. The largest absolute Gasteiger partial charge is 0.396 e. The summed E-state index contributed by atoms with van der Waals surface area (Å²) >= 11 is 0. The van der Waals surface area contributed by atoms with Crippen molar-refractivity contribution >= 4 is 11.0 Å². The fraction of sp³-hybridized carbons (Fsp3) is 0.650. The second-order valence-corrected chi connectivity index (χ2v) is 8.36. The zero-order valence-corrected chi connectivity index (χ0v) is 15.1. The van der Waals surface area contributed by atoms with Gasteiger partial charge in [-0.05, 0) is 38.8 Å². The fourth-order valence-corrected chi connectivity index (χ4v) is 5.63. The predicted molar refractivity (Wildman–Crippen MR) is 96.3 cm³/mol. The van der Waals surface area contributed by atoms with Crippen LogP contribution in [-0.4, -0.2) is 51.0 Å². The number of imidazole rings is 1. The first-order valence-electron chi connectivity index (χ1n) is 9.58. The SMILES string of the molecule is CC(C)n1c(CN2C[C@@H]3[C@H](CO)[C@H]4CC[C@]3(C2)O4)nc2ccccc21.